The number of rotatable bonds is 4. The van der Waals surface area contributed by atoms with Crippen LogP contribution in [0.5, 0.6) is 0 Å². The maximum absolute atomic E-state index is 4.10. The third-order valence-electron chi connectivity index (χ3n) is 2.99. The van der Waals surface area contributed by atoms with Gasteiger partial charge in [-0.2, -0.15) is 0 Å². The third-order valence-corrected chi connectivity index (χ3v) is 2.99. The van der Waals surface area contributed by atoms with Crippen LogP contribution in [0.1, 0.15) is 53.2 Å². The lowest BCUT2D eigenvalue weighted by Crippen LogP contribution is -2.26. The Balaban J connectivity index is 2.77. The molecule has 0 bridgehead atoms. The van der Waals surface area contributed by atoms with E-state index in [0.717, 1.165) is 12.1 Å². The van der Waals surface area contributed by atoms with E-state index in [-0.39, 0.29) is 5.41 Å². The van der Waals surface area contributed by atoms with Gasteiger partial charge in [0.1, 0.15) is 0 Å². The van der Waals surface area contributed by atoms with E-state index in [4.69, 9.17) is 0 Å². The van der Waals surface area contributed by atoms with Crippen molar-refractivity contribution in [3.8, 4) is 0 Å². The van der Waals surface area contributed by atoms with E-state index in [0.29, 0.717) is 5.41 Å². The Labute approximate surface area is 86.3 Å². The summed E-state index contributed by atoms with van der Waals surface area (Å²) in [5.41, 5.74) is 1.52. The van der Waals surface area contributed by atoms with Gasteiger partial charge in [0.05, 0.1) is 5.69 Å². The molecule has 0 fully saturated rings. The molecule has 1 N–H and O–H groups in total. The molecule has 0 unspecified atom stereocenters. The van der Waals surface area contributed by atoms with E-state index in [9.17, 15) is 0 Å². The minimum atomic E-state index is 0.104. The molecule has 1 aromatic rings. The summed E-state index contributed by atoms with van der Waals surface area (Å²) in [6.45, 7) is 11.3. The van der Waals surface area contributed by atoms with Gasteiger partial charge < -0.3 is 0 Å². The summed E-state index contributed by atoms with van der Waals surface area (Å²) in [5, 5.41) is 10.6. The standard InChI is InChI=1S/C11H21N3/c1-6-10(2,3)8-11(4,5)9-7-12-14-13-9/h7H,6,8H2,1-5H3,(H,12,13,14). The molecule has 1 rings (SSSR count). The molecular formula is C11H21N3. The van der Waals surface area contributed by atoms with Crippen LogP contribution in [0.15, 0.2) is 6.20 Å². The Kier molecular flexibility index (Phi) is 2.98. The molecule has 1 heterocycles. The maximum Gasteiger partial charge on any atom is 0.0880 e. The molecule has 0 amide bonds. The first-order chi connectivity index (χ1) is 6.37. The Bertz CT molecular complexity index is 273. The molecule has 0 aliphatic carbocycles. The fourth-order valence-corrected chi connectivity index (χ4v) is 1.94. The predicted molar refractivity (Wildman–Crippen MR) is 58.1 cm³/mol. The molecule has 0 spiro atoms. The smallest absolute Gasteiger partial charge is 0.0880 e. The molecule has 0 aromatic carbocycles. The van der Waals surface area contributed by atoms with Crippen molar-refractivity contribution in [3.63, 3.8) is 0 Å². The number of nitrogens with one attached hydrogen (secondary N) is 1. The van der Waals surface area contributed by atoms with Crippen LogP contribution in [-0.2, 0) is 5.41 Å². The summed E-state index contributed by atoms with van der Waals surface area (Å²) in [6.07, 6.45) is 4.21. The summed E-state index contributed by atoms with van der Waals surface area (Å²) in [7, 11) is 0. The van der Waals surface area contributed by atoms with E-state index in [1.807, 2.05) is 6.20 Å². The summed E-state index contributed by atoms with van der Waals surface area (Å²) in [5.74, 6) is 0. The van der Waals surface area contributed by atoms with E-state index in [1.165, 1.54) is 6.42 Å². The van der Waals surface area contributed by atoms with Crippen LogP contribution < -0.4 is 0 Å². The summed E-state index contributed by atoms with van der Waals surface area (Å²) < 4.78 is 0. The van der Waals surface area contributed by atoms with Gasteiger partial charge in [-0.1, -0.05) is 46.3 Å². The van der Waals surface area contributed by atoms with Crippen LogP contribution >= 0.6 is 0 Å². The zero-order chi connectivity index (χ0) is 10.8. The fourth-order valence-electron chi connectivity index (χ4n) is 1.94. The van der Waals surface area contributed by atoms with Crippen molar-refractivity contribution >= 4 is 0 Å². The van der Waals surface area contributed by atoms with Crippen molar-refractivity contribution < 1.29 is 0 Å². The molecule has 0 atom stereocenters. The summed E-state index contributed by atoms with van der Waals surface area (Å²) in [4.78, 5) is 0. The average Bonchev–Trinajstić information content (AvgIpc) is 2.54. The van der Waals surface area contributed by atoms with Gasteiger partial charge in [0.15, 0.2) is 0 Å². The molecule has 0 aliphatic rings. The predicted octanol–water partition coefficient (Wildman–Crippen LogP) is 2.91. The number of aromatic amines is 1. The number of H-pyrrole nitrogens is 1. The molecule has 0 saturated carbocycles. The topological polar surface area (TPSA) is 41.6 Å². The average molecular weight is 195 g/mol. The van der Waals surface area contributed by atoms with Gasteiger partial charge in [-0.3, -0.25) is 5.10 Å². The van der Waals surface area contributed by atoms with Crippen LogP contribution in [0.2, 0.25) is 0 Å². The highest BCUT2D eigenvalue weighted by atomic mass is 15.3. The second-order valence-electron chi connectivity index (χ2n) is 5.44. The van der Waals surface area contributed by atoms with Gasteiger partial charge in [0.25, 0.3) is 0 Å². The maximum atomic E-state index is 4.10. The highest BCUT2D eigenvalue weighted by Crippen LogP contribution is 2.37. The van der Waals surface area contributed by atoms with Crippen molar-refractivity contribution in [1.29, 1.82) is 0 Å². The van der Waals surface area contributed by atoms with Gasteiger partial charge in [-0.05, 0) is 11.8 Å². The van der Waals surface area contributed by atoms with Gasteiger partial charge in [0.2, 0.25) is 0 Å². The molecule has 14 heavy (non-hydrogen) atoms. The third kappa shape index (κ3) is 2.56. The number of hydrogen-bond donors (Lipinski definition) is 1. The van der Waals surface area contributed by atoms with Crippen molar-refractivity contribution in [2.24, 2.45) is 5.41 Å². The van der Waals surface area contributed by atoms with Crippen LogP contribution in [-0.4, -0.2) is 15.4 Å². The highest BCUT2D eigenvalue weighted by molar-refractivity contribution is 5.08. The van der Waals surface area contributed by atoms with Crippen LogP contribution in [0.3, 0.4) is 0 Å². The molecule has 3 nitrogen and oxygen atoms in total. The van der Waals surface area contributed by atoms with Crippen LogP contribution in [0.25, 0.3) is 0 Å². The molecular weight excluding hydrogens is 174 g/mol. The fraction of sp³-hybridized carbons (Fsp3) is 0.818. The monoisotopic (exact) mass is 195 g/mol. The van der Waals surface area contributed by atoms with Crippen molar-refractivity contribution in [2.45, 2.75) is 52.9 Å². The first kappa shape index (κ1) is 11.2. The van der Waals surface area contributed by atoms with Crippen LogP contribution in [0, 0.1) is 5.41 Å². The summed E-state index contributed by atoms with van der Waals surface area (Å²) >= 11 is 0. The summed E-state index contributed by atoms with van der Waals surface area (Å²) in [6, 6.07) is 0. The first-order valence-corrected chi connectivity index (χ1v) is 5.24. The van der Waals surface area contributed by atoms with E-state index in [1.54, 1.807) is 0 Å². The largest absolute Gasteiger partial charge is 0.265 e. The lowest BCUT2D eigenvalue weighted by Gasteiger charge is -2.32. The normalized spacial score (nSPS) is 13.2. The molecule has 0 radical (unpaired) electrons. The van der Waals surface area contributed by atoms with Gasteiger partial charge in [-0.15, -0.1) is 5.10 Å². The zero-order valence-electron chi connectivity index (χ0n) is 9.89. The number of aromatic nitrogens is 3. The van der Waals surface area contributed by atoms with Crippen molar-refractivity contribution in [2.75, 3.05) is 0 Å². The number of hydrogen-bond acceptors (Lipinski definition) is 2. The minimum Gasteiger partial charge on any atom is -0.265 e. The van der Waals surface area contributed by atoms with Gasteiger partial charge >= 0.3 is 0 Å². The lowest BCUT2D eigenvalue weighted by atomic mass is 9.72. The molecule has 3 heteroatoms. The Morgan fingerprint density at radius 2 is 1.93 bits per heavy atom. The highest BCUT2D eigenvalue weighted by Gasteiger charge is 2.30. The minimum absolute atomic E-state index is 0.104. The van der Waals surface area contributed by atoms with E-state index < -0.39 is 0 Å². The molecule has 0 aliphatic heterocycles. The first-order valence-electron chi connectivity index (χ1n) is 5.24. The Morgan fingerprint density at radius 1 is 1.29 bits per heavy atom. The second kappa shape index (κ2) is 3.71. The van der Waals surface area contributed by atoms with Crippen molar-refractivity contribution in [3.05, 3.63) is 11.9 Å². The zero-order valence-corrected chi connectivity index (χ0v) is 9.89. The SMILES string of the molecule is CCC(C)(C)CC(C)(C)c1c[nH]nn1. The molecule has 0 saturated heterocycles. The lowest BCUT2D eigenvalue weighted by molar-refractivity contribution is 0.245. The number of nitrogens with zero attached hydrogens (tertiary/aromatic N) is 2. The van der Waals surface area contributed by atoms with E-state index in [2.05, 4.69) is 50.0 Å². The molecule has 1 aromatic heterocycles. The Hall–Kier alpha value is -0.860. The second-order valence-corrected chi connectivity index (χ2v) is 5.44. The van der Waals surface area contributed by atoms with Crippen molar-refractivity contribution in [1.82, 2.24) is 15.4 Å². The molecule has 80 valence electrons. The van der Waals surface area contributed by atoms with Gasteiger partial charge in [-0.25, -0.2) is 0 Å². The quantitative estimate of drug-likeness (QED) is 0.802. The Morgan fingerprint density at radius 3 is 2.36 bits per heavy atom. The van der Waals surface area contributed by atoms with E-state index >= 15 is 0 Å². The van der Waals surface area contributed by atoms with Gasteiger partial charge in [0, 0.05) is 11.6 Å². The van der Waals surface area contributed by atoms with Crippen LogP contribution in [0.4, 0.5) is 0 Å².